The predicted octanol–water partition coefficient (Wildman–Crippen LogP) is 1.94. The van der Waals surface area contributed by atoms with E-state index in [0.717, 1.165) is 5.56 Å². The average molecular weight is 242 g/mol. The number of hydrogen-bond acceptors (Lipinski definition) is 4. The summed E-state index contributed by atoms with van der Waals surface area (Å²) in [4.78, 5) is 9.73. The highest BCUT2D eigenvalue weighted by molar-refractivity contribution is 7.94. The van der Waals surface area contributed by atoms with E-state index in [4.69, 9.17) is 0 Å². The number of aryl methyl sites for hydroxylation is 1. The van der Waals surface area contributed by atoms with Crippen LogP contribution < -0.4 is 0 Å². The molecular formula is C10H12NO4S-. The molecule has 0 amide bonds. The zero-order valence-electron chi connectivity index (χ0n) is 9.00. The molecule has 0 unspecified atom stereocenters. The molecule has 1 aromatic rings. The van der Waals surface area contributed by atoms with Crippen LogP contribution in [0.5, 0.6) is 0 Å². The number of hydrogen-bond donors (Lipinski definition) is 0. The Kier molecular flexibility index (Phi) is 3.54. The maximum Gasteiger partial charge on any atom is 0.132 e. The van der Waals surface area contributed by atoms with Crippen molar-refractivity contribution in [1.29, 1.82) is 0 Å². The highest BCUT2D eigenvalue weighted by Gasteiger charge is 2.22. The van der Waals surface area contributed by atoms with Crippen LogP contribution in [0, 0.1) is 22.4 Å². The molecule has 0 heterocycles. The Morgan fingerprint density at radius 1 is 1.31 bits per heavy atom. The summed E-state index contributed by atoms with van der Waals surface area (Å²) >= 11 is 0. The fraction of sp³-hybridized carbons (Fsp3) is 0.300. The lowest BCUT2D eigenvalue weighted by Crippen LogP contribution is -2.20. The summed E-state index contributed by atoms with van der Waals surface area (Å²) in [5.74, 6) is 0. The lowest BCUT2D eigenvalue weighted by molar-refractivity contribution is -0.449. The van der Waals surface area contributed by atoms with E-state index in [1.807, 2.05) is 6.92 Å². The Morgan fingerprint density at radius 2 is 1.81 bits per heavy atom. The number of sulfone groups is 1. The molecule has 5 nitrogen and oxygen atoms in total. The number of benzene rings is 1. The van der Waals surface area contributed by atoms with Crippen LogP contribution >= 0.6 is 0 Å². The van der Waals surface area contributed by atoms with Crippen molar-refractivity contribution in [2.24, 2.45) is 0 Å². The minimum Gasteiger partial charge on any atom is -0.294 e. The lowest BCUT2D eigenvalue weighted by Gasteiger charge is -2.19. The quantitative estimate of drug-likeness (QED) is 0.459. The molecule has 0 bridgehead atoms. The van der Waals surface area contributed by atoms with Gasteiger partial charge in [0.15, 0.2) is 0 Å². The van der Waals surface area contributed by atoms with Gasteiger partial charge in [0.25, 0.3) is 0 Å². The normalized spacial score (nSPS) is 11.1. The zero-order valence-corrected chi connectivity index (χ0v) is 9.82. The summed E-state index contributed by atoms with van der Waals surface area (Å²) in [6.45, 7) is 3.26. The Hall–Kier alpha value is -1.56. The van der Waals surface area contributed by atoms with E-state index < -0.39 is 20.1 Å². The van der Waals surface area contributed by atoms with E-state index in [-0.39, 0.29) is 11.3 Å². The van der Waals surface area contributed by atoms with Crippen LogP contribution in [0.2, 0.25) is 0 Å². The van der Waals surface area contributed by atoms with Crippen LogP contribution in [-0.2, 0) is 9.84 Å². The van der Waals surface area contributed by atoms with Gasteiger partial charge in [0.05, 0.1) is 5.37 Å². The molecule has 0 aromatic heterocycles. The molecule has 0 aliphatic carbocycles. The molecule has 0 saturated carbocycles. The first-order valence-corrected chi connectivity index (χ1v) is 6.20. The molecule has 0 aliphatic rings. The molecule has 88 valence electrons. The summed E-state index contributed by atoms with van der Waals surface area (Å²) in [5, 5.41) is 9.94. The standard InChI is InChI=1S/C10H12NO4S/c1-3-10(11(12)13)16(14,15)9-6-4-8(2)5-7-9/h4-7H,3H2,1-2H3/q-1. The van der Waals surface area contributed by atoms with E-state index in [0.29, 0.717) is 0 Å². The molecule has 0 N–H and O–H groups in total. The van der Waals surface area contributed by atoms with Crippen molar-refractivity contribution in [2.75, 3.05) is 0 Å². The Bertz CT molecular complexity index is 478. The second-order valence-corrected chi connectivity index (χ2v) is 5.27. The summed E-state index contributed by atoms with van der Waals surface area (Å²) in [6, 6.07) is 5.98. The minimum atomic E-state index is -3.95. The van der Waals surface area contributed by atoms with Gasteiger partial charge in [-0.3, -0.25) is 10.1 Å². The van der Waals surface area contributed by atoms with Crippen molar-refractivity contribution in [3.8, 4) is 0 Å². The van der Waals surface area contributed by atoms with Gasteiger partial charge in [-0.25, -0.2) is 8.42 Å². The third kappa shape index (κ3) is 2.33. The second-order valence-electron chi connectivity index (χ2n) is 3.32. The highest BCUT2D eigenvalue weighted by Crippen LogP contribution is 2.24. The van der Waals surface area contributed by atoms with Crippen molar-refractivity contribution in [2.45, 2.75) is 25.2 Å². The lowest BCUT2D eigenvalue weighted by atomic mass is 10.2. The van der Waals surface area contributed by atoms with Crippen LogP contribution in [0.4, 0.5) is 0 Å². The van der Waals surface area contributed by atoms with E-state index in [2.05, 4.69) is 0 Å². The van der Waals surface area contributed by atoms with Gasteiger partial charge in [0, 0.05) is 4.90 Å². The first-order valence-electron chi connectivity index (χ1n) is 4.71. The molecule has 6 heteroatoms. The van der Waals surface area contributed by atoms with Gasteiger partial charge in [-0.05, 0) is 19.1 Å². The minimum absolute atomic E-state index is 0.0355. The van der Waals surface area contributed by atoms with Gasteiger partial charge in [-0.2, -0.15) is 0 Å². The van der Waals surface area contributed by atoms with E-state index in [1.165, 1.54) is 19.1 Å². The van der Waals surface area contributed by atoms with Crippen LogP contribution in [0.1, 0.15) is 18.9 Å². The molecule has 0 saturated heterocycles. The van der Waals surface area contributed by atoms with Crippen molar-refractivity contribution in [3.05, 3.63) is 45.3 Å². The Labute approximate surface area is 94.2 Å². The van der Waals surface area contributed by atoms with Gasteiger partial charge in [-0.1, -0.05) is 36.0 Å². The fourth-order valence-corrected chi connectivity index (χ4v) is 2.61. The summed E-state index contributed by atoms with van der Waals surface area (Å²) < 4.78 is 23.7. The Balaban J connectivity index is 3.20. The van der Waals surface area contributed by atoms with Crippen LogP contribution in [-0.4, -0.2) is 13.3 Å². The topological polar surface area (TPSA) is 77.3 Å². The number of nitro groups is 1. The Morgan fingerprint density at radius 3 is 2.19 bits per heavy atom. The van der Waals surface area contributed by atoms with E-state index >= 15 is 0 Å². The molecule has 1 rings (SSSR count). The van der Waals surface area contributed by atoms with E-state index in [9.17, 15) is 18.5 Å². The van der Waals surface area contributed by atoms with Crippen molar-refractivity contribution in [1.82, 2.24) is 0 Å². The van der Waals surface area contributed by atoms with Crippen LogP contribution in [0.3, 0.4) is 0 Å². The van der Waals surface area contributed by atoms with E-state index in [1.54, 1.807) is 12.1 Å². The van der Waals surface area contributed by atoms with Crippen molar-refractivity contribution in [3.63, 3.8) is 0 Å². The maximum absolute atomic E-state index is 11.8. The first kappa shape index (κ1) is 12.5. The van der Waals surface area contributed by atoms with Gasteiger partial charge in [-0.15, -0.1) is 0 Å². The number of rotatable bonds is 4. The second kappa shape index (κ2) is 4.52. The molecule has 1 aromatic carbocycles. The average Bonchev–Trinajstić information content (AvgIpc) is 2.18. The largest absolute Gasteiger partial charge is 0.294 e. The van der Waals surface area contributed by atoms with Crippen molar-refractivity contribution < 1.29 is 13.3 Å². The summed E-state index contributed by atoms with van der Waals surface area (Å²) in [5.41, 5.74) is 0.901. The first-order chi connectivity index (χ1) is 7.39. The third-order valence-electron chi connectivity index (χ3n) is 2.15. The van der Waals surface area contributed by atoms with Crippen LogP contribution in [0.25, 0.3) is 0 Å². The van der Waals surface area contributed by atoms with Gasteiger partial charge in [0.2, 0.25) is 0 Å². The van der Waals surface area contributed by atoms with Crippen molar-refractivity contribution >= 4 is 9.84 Å². The highest BCUT2D eigenvalue weighted by atomic mass is 32.2. The molecule has 0 radical (unpaired) electrons. The molecule has 0 atom stereocenters. The SMILES string of the molecule is CC[C-]([N+](=O)[O-])S(=O)(=O)c1ccc(C)cc1. The summed E-state index contributed by atoms with van der Waals surface area (Å²) in [6.07, 6.45) is -0.122. The predicted molar refractivity (Wildman–Crippen MR) is 58.9 cm³/mol. The third-order valence-corrected chi connectivity index (χ3v) is 4.10. The number of nitrogens with zero attached hydrogens (tertiary/aromatic N) is 1. The van der Waals surface area contributed by atoms with Gasteiger partial charge in [0.1, 0.15) is 9.84 Å². The maximum atomic E-state index is 11.8. The monoisotopic (exact) mass is 242 g/mol. The van der Waals surface area contributed by atoms with Gasteiger partial charge >= 0.3 is 0 Å². The zero-order chi connectivity index (χ0) is 12.3. The fourth-order valence-electron chi connectivity index (χ4n) is 1.27. The molecule has 16 heavy (non-hydrogen) atoms. The molecule has 0 aliphatic heterocycles. The smallest absolute Gasteiger partial charge is 0.132 e. The molecular weight excluding hydrogens is 230 g/mol. The molecule has 0 fully saturated rings. The summed E-state index contributed by atoms with van der Waals surface area (Å²) in [7, 11) is -3.95. The van der Waals surface area contributed by atoms with Gasteiger partial charge < -0.3 is 0 Å². The molecule has 0 spiro atoms. The van der Waals surface area contributed by atoms with Crippen LogP contribution in [0.15, 0.2) is 29.2 Å².